The summed E-state index contributed by atoms with van der Waals surface area (Å²) in [5, 5.41) is 0. The average Bonchev–Trinajstić information content (AvgIpc) is 2.94. The van der Waals surface area contributed by atoms with Crippen LogP contribution in [0.1, 0.15) is 23.1 Å². The van der Waals surface area contributed by atoms with Crippen molar-refractivity contribution in [2.75, 3.05) is 5.73 Å². The molecule has 1 aliphatic carbocycles. The van der Waals surface area contributed by atoms with Gasteiger partial charge in [0, 0.05) is 12.2 Å². The van der Waals surface area contributed by atoms with Crippen molar-refractivity contribution in [3.05, 3.63) is 59.2 Å². The number of rotatable bonds is 4. The van der Waals surface area contributed by atoms with E-state index in [1.807, 2.05) is 24.3 Å². The van der Waals surface area contributed by atoms with Gasteiger partial charge in [0.1, 0.15) is 0 Å². The number of hydrogen-bond acceptors (Lipinski definition) is 3. The van der Waals surface area contributed by atoms with Gasteiger partial charge in [0.05, 0.1) is 4.90 Å². The Kier molecular flexibility index (Phi) is 3.69. The van der Waals surface area contributed by atoms with E-state index in [1.54, 1.807) is 18.2 Å². The van der Waals surface area contributed by atoms with Gasteiger partial charge in [-0.1, -0.05) is 24.3 Å². The van der Waals surface area contributed by atoms with E-state index in [2.05, 4.69) is 4.72 Å². The lowest BCUT2D eigenvalue weighted by molar-refractivity contribution is 0.581. The minimum absolute atomic E-state index is 0.200. The molecule has 0 saturated heterocycles. The van der Waals surface area contributed by atoms with E-state index >= 15 is 0 Å². The molecule has 4 nitrogen and oxygen atoms in total. The van der Waals surface area contributed by atoms with Gasteiger partial charge in [-0.3, -0.25) is 0 Å². The maximum absolute atomic E-state index is 12.4. The number of nitrogen functional groups attached to an aromatic ring is 1. The number of sulfonamides is 1. The number of aryl methyl sites for hydroxylation is 2. The average molecular weight is 302 g/mol. The van der Waals surface area contributed by atoms with Crippen molar-refractivity contribution in [3.63, 3.8) is 0 Å². The molecule has 0 aliphatic heterocycles. The van der Waals surface area contributed by atoms with Gasteiger partial charge in [-0.2, -0.15) is 0 Å². The number of para-hydroxylation sites is 1. The summed E-state index contributed by atoms with van der Waals surface area (Å²) in [6, 6.07) is 12.6. The van der Waals surface area contributed by atoms with Crippen molar-refractivity contribution in [2.24, 2.45) is 0 Å². The molecule has 0 atom stereocenters. The number of nitrogens with one attached hydrogen (secondary N) is 1. The van der Waals surface area contributed by atoms with E-state index in [1.165, 1.54) is 5.56 Å². The summed E-state index contributed by atoms with van der Waals surface area (Å²) >= 11 is 0. The third-order valence-electron chi connectivity index (χ3n) is 3.89. The van der Waals surface area contributed by atoms with E-state index in [9.17, 15) is 8.42 Å². The second-order valence-corrected chi connectivity index (χ2v) is 7.07. The maximum Gasteiger partial charge on any atom is 0.240 e. The zero-order valence-corrected chi connectivity index (χ0v) is 12.5. The highest BCUT2D eigenvalue weighted by molar-refractivity contribution is 7.89. The molecule has 0 fully saturated rings. The van der Waals surface area contributed by atoms with Gasteiger partial charge in [-0.25, -0.2) is 13.1 Å². The fourth-order valence-corrected chi connectivity index (χ4v) is 3.72. The van der Waals surface area contributed by atoms with Crippen LogP contribution in [0.3, 0.4) is 0 Å². The summed E-state index contributed by atoms with van der Waals surface area (Å²) in [4.78, 5) is 0.331. The van der Waals surface area contributed by atoms with Crippen molar-refractivity contribution in [3.8, 4) is 0 Å². The quantitative estimate of drug-likeness (QED) is 0.851. The summed E-state index contributed by atoms with van der Waals surface area (Å²) in [6.45, 7) is 0.200. The Morgan fingerprint density at radius 1 is 1.05 bits per heavy atom. The van der Waals surface area contributed by atoms with E-state index < -0.39 is 10.0 Å². The summed E-state index contributed by atoms with van der Waals surface area (Å²) in [5.41, 5.74) is 9.61. The first-order valence-electron chi connectivity index (χ1n) is 7.01. The second-order valence-electron chi connectivity index (χ2n) is 5.31. The second kappa shape index (κ2) is 5.50. The smallest absolute Gasteiger partial charge is 0.240 e. The van der Waals surface area contributed by atoms with Gasteiger partial charge in [0.15, 0.2) is 0 Å². The van der Waals surface area contributed by atoms with Crippen LogP contribution in [0.2, 0.25) is 0 Å². The van der Waals surface area contributed by atoms with E-state index in [-0.39, 0.29) is 6.54 Å². The Morgan fingerprint density at radius 3 is 2.62 bits per heavy atom. The monoisotopic (exact) mass is 302 g/mol. The number of anilines is 1. The predicted molar refractivity (Wildman–Crippen MR) is 83.3 cm³/mol. The van der Waals surface area contributed by atoms with Gasteiger partial charge < -0.3 is 5.73 Å². The molecule has 2 aromatic rings. The third-order valence-corrected chi connectivity index (χ3v) is 5.29. The largest absolute Gasteiger partial charge is 0.398 e. The van der Waals surface area contributed by atoms with E-state index in [0.29, 0.717) is 10.6 Å². The standard InChI is InChI=1S/C16H18N2O2S/c17-16-7-2-1-4-14(16)11-18-21(19,20)15-9-8-12-5-3-6-13(12)10-15/h1-2,4,7-10,18H,3,5-6,11,17H2. The van der Waals surface area contributed by atoms with Gasteiger partial charge in [-0.15, -0.1) is 0 Å². The molecule has 0 bridgehead atoms. The zero-order valence-electron chi connectivity index (χ0n) is 11.7. The first-order chi connectivity index (χ1) is 10.1. The minimum Gasteiger partial charge on any atom is -0.398 e. The number of nitrogens with two attached hydrogens (primary N) is 1. The highest BCUT2D eigenvalue weighted by atomic mass is 32.2. The van der Waals surface area contributed by atoms with Crippen LogP contribution >= 0.6 is 0 Å². The summed E-state index contributed by atoms with van der Waals surface area (Å²) < 4.78 is 27.3. The Morgan fingerprint density at radius 2 is 1.81 bits per heavy atom. The van der Waals surface area contributed by atoms with Crippen molar-refractivity contribution in [1.82, 2.24) is 4.72 Å². The van der Waals surface area contributed by atoms with Crippen LogP contribution in [0.25, 0.3) is 0 Å². The Hall–Kier alpha value is -1.85. The Balaban J connectivity index is 1.80. The third kappa shape index (κ3) is 2.94. The molecule has 0 spiro atoms. The summed E-state index contributed by atoms with van der Waals surface area (Å²) in [7, 11) is -3.50. The van der Waals surface area contributed by atoms with Crippen LogP contribution in [0, 0.1) is 0 Å². The van der Waals surface area contributed by atoms with Crippen molar-refractivity contribution >= 4 is 15.7 Å². The molecular formula is C16H18N2O2S. The van der Waals surface area contributed by atoms with Gasteiger partial charge in [0.2, 0.25) is 10.0 Å². The van der Waals surface area contributed by atoms with Crippen LogP contribution < -0.4 is 10.5 Å². The lowest BCUT2D eigenvalue weighted by Crippen LogP contribution is -2.23. The Bertz CT molecular complexity index is 770. The number of benzene rings is 2. The van der Waals surface area contributed by atoms with Gasteiger partial charge in [0.25, 0.3) is 0 Å². The molecule has 0 saturated carbocycles. The van der Waals surface area contributed by atoms with Crippen LogP contribution in [0.5, 0.6) is 0 Å². The molecule has 0 unspecified atom stereocenters. The highest BCUT2D eigenvalue weighted by Crippen LogP contribution is 2.24. The van der Waals surface area contributed by atoms with Crippen LogP contribution in [0.4, 0.5) is 5.69 Å². The lowest BCUT2D eigenvalue weighted by atomic mass is 10.1. The molecule has 0 heterocycles. The predicted octanol–water partition coefficient (Wildman–Crippen LogP) is 2.24. The molecule has 1 aliphatic rings. The minimum atomic E-state index is -3.50. The zero-order chi connectivity index (χ0) is 14.9. The van der Waals surface area contributed by atoms with Crippen LogP contribution in [-0.2, 0) is 29.4 Å². The molecular weight excluding hydrogens is 284 g/mol. The van der Waals surface area contributed by atoms with Crippen molar-refractivity contribution in [2.45, 2.75) is 30.7 Å². The molecule has 0 radical (unpaired) electrons. The Labute approximate surface area is 125 Å². The first kappa shape index (κ1) is 14.1. The summed E-state index contributed by atoms with van der Waals surface area (Å²) in [6.07, 6.45) is 3.11. The fourth-order valence-electron chi connectivity index (χ4n) is 2.67. The van der Waals surface area contributed by atoms with Crippen molar-refractivity contribution in [1.29, 1.82) is 0 Å². The lowest BCUT2D eigenvalue weighted by Gasteiger charge is -2.10. The molecule has 110 valence electrons. The molecule has 3 N–H and O–H groups in total. The fraction of sp³-hybridized carbons (Fsp3) is 0.250. The molecule has 21 heavy (non-hydrogen) atoms. The number of fused-ring (bicyclic) bond motifs is 1. The topological polar surface area (TPSA) is 72.2 Å². The molecule has 0 amide bonds. The van der Waals surface area contributed by atoms with E-state index in [0.717, 1.165) is 30.4 Å². The SMILES string of the molecule is Nc1ccccc1CNS(=O)(=O)c1ccc2c(c1)CCC2. The molecule has 0 aromatic heterocycles. The summed E-state index contributed by atoms with van der Waals surface area (Å²) in [5.74, 6) is 0. The molecule has 5 heteroatoms. The van der Waals surface area contributed by atoms with Gasteiger partial charge >= 0.3 is 0 Å². The van der Waals surface area contributed by atoms with Crippen LogP contribution in [-0.4, -0.2) is 8.42 Å². The maximum atomic E-state index is 12.4. The molecule has 3 rings (SSSR count). The highest BCUT2D eigenvalue weighted by Gasteiger charge is 2.18. The number of hydrogen-bond donors (Lipinski definition) is 2. The van der Waals surface area contributed by atoms with Gasteiger partial charge in [-0.05, 0) is 54.2 Å². The van der Waals surface area contributed by atoms with Crippen LogP contribution in [0.15, 0.2) is 47.4 Å². The normalized spacial score (nSPS) is 14.1. The van der Waals surface area contributed by atoms with E-state index in [4.69, 9.17) is 5.73 Å². The van der Waals surface area contributed by atoms with Crippen molar-refractivity contribution < 1.29 is 8.42 Å². The molecule has 2 aromatic carbocycles. The first-order valence-corrected chi connectivity index (χ1v) is 8.49.